The van der Waals surface area contributed by atoms with Gasteiger partial charge in [0.1, 0.15) is 10.3 Å². The first kappa shape index (κ1) is 18.0. The van der Waals surface area contributed by atoms with Gasteiger partial charge >= 0.3 is 0 Å². The van der Waals surface area contributed by atoms with Gasteiger partial charge in [0.2, 0.25) is 0 Å². The van der Waals surface area contributed by atoms with Crippen molar-refractivity contribution in [2.75, 3.05) is 5.32 Å². The lowest BCUT2D eigenvalue weighted by atomic mass is 9.74. The quantitative estimate of drug-likeness (QED) is 0.716. The van der Waals surface area contributed by atoms with Crippen LogP contribution in [0.1, 0.15) is 55.1 Å². The van der Waals surface area contributed by atoms with Crippen LogP contribution in [0.15, 0.2) is 35.2 Å². The minimum Gasteiger partial charge on any atom is -0.319 e. The van der Waals surface area contributed by atoms with E-state index >= 15 is 0 Å². The Morgan fingerprint density at radius 2 is 1.92 bits per heavy atom. The van der Waals surface area contributed by atoms with Gasteiger partial charge in [0.15, 0.2) is 5.82 Å². The van der Waals surface area contributed by atoms with Gasteiger partial charge in [0, 0.05) is 6.20 Å². The lowest BCUT2D eigenvalue weighted by Crippen LogP contribution is -2.21. The zero-order valence-electron chi connectivity index (χ0n) is 14.3. The molecule has 0 bridgehead atoms. The van der Waals surface area contributed by atoms with Gasteiger partial charge in [-0.1, -0.05) is 13.8 Å². The summed E-state index contributed by atoms with van der Waals surface area (Å²) in [5.41, 5.74) is 1.98. The monoisotopic (exact) mass is 405 g/mol. The van der Waals surface area contributed by atoms with E-state index in [1.54, 1.807) is 12.4 Å². The molecule has 3 rings (SSSR count). The average Bonchev–Trinajstić information content (AvgIpc) is 2.57. The summed E-state index contributed by atoms with van der Waals surface area (Å²) in [6.07, 6.45) is 6.91. The van der Waals surface area contributed by atoms with Gasteiger partial charge < -0.3 is 5.32 Å². The zero-order valence-corrected chi connectivity index (χ0v) is 15.9. The van der Waals surface area contributed by atoms with E-state index in [-0.39, 0.29) is 16.2 Å². The Kier molecular flexibility index (Phi) is 5.47. The van der Waals surface area contributed by atoms with Gasteiger partial charge in [-0.3, -0.25) is 9.78 Å². The minimum atomic E-state index is -0.496. The van der Waals surface area contributed by atoms with Crippen LogP contribution < -0.4 is 5.32 Å². The standard InChI is InChI=1S/C19H21BrFN3O/c1-11-7-12(2)9-13(8-11)14-5-6-22-10-17(14)24-19(25)16-4-3-15(21)18(20)23-16/h3-6,10-13H,7-9H2,1-2H3,(H,24,25)/t11-,12?,13?/m0/s1. The van der Waals surface area contributed by atoms with Gasteiger partial charge in [0.25, 0.3) is 5.91 Å². The van der Waals surface area contributed by atoms with Crippen molar-refractivity contribution in [3.63, 3.8) is 0 Å². The number of hydrogen-bond donors (Lipinski definition) is 1. The molecule has 0 saturated heterocycles. The van der Waals surface area contributed by atoms with Crippen molar-refractivity contribution < 1.29 is 9.18 Å². The molecular formula is C19H21BrFN3O. The molecule has 1 fully saturated rings. The number of nitrogens with zero attached hydrogens (tertiary/aromatic N) is 2. The molecule has 6 heteroatoms. The molecule has 2 heterocycles. The zero-order chi connectivity index (χ0) is 18.0. The number of hydrogen-bond acceptors (Lipinski definition) is 3. The van der Waals surface area contributed by atoms with Crippen LogP contribution >= 0.6 is 15.9 Å². The van der Waals surface area contributed by atoms with Crippen molar-refractivity contribution in [2.24, 2.45) is 11.8 Å². The number of pyridine rings is 2. The fraction of sp³-hybridized carbons (Fsp3) is 0.421. The molecule has 2 unspecified atom stereocenters. The lowest BCUT2D eigenvalue weighted by molar-refractivity contribution is 0.102. The van der Waals surface area contributed by atoms with Crippen LogP contribution in [0.3, 0.4) is 0 Å². The molecule has 2 aromatic rings. The molecule has 1 aliphatic carbocycles. The van der Waals surface area contributed by atoms with Crippen LogP contribution in [0.4, 0.5) is 10.1 Å². The molecule has 4 nitrogen and oxygen atoms in total. The Balaban J connectivity index is 1.83. The summed E-state index contributed by atoms with van der Waals surface area (Å²) in [6.45, 7) is 4.56. The van der Waals surface area contributed by atoms with Crippen molar-refractivity contribution in [2.45, 2.75) is 39.0 Å². The third-order valence-electron chi connectivity index (χ3n) is 4.76. The molecule has 1 saturated carbocycles. The Morgan fingerprint density at radius 1 is 1.20 bits per heavy atom. The van der Waals surface area contributed by atoms with Gasteiger partial charge in [-0.15, -0.1) is 0 Å². The molecule has 3 atom stereocenters. The fourth-order valence-corrected chi connectivity index (χ4v) is 4.12. The number of anilines is 1. The molecule has 2 aromatic heterocycles. The van der Waals surface area contributed by atoms with Gasteiger partial charge in [-0.05, 0) is 76.7 Å². The van der Waals surface area contributed by atoms with E-state index in [9.17, 15) is 9.18 Å². The van der Waals surface area contributed by atoms with Crippen molar-refractivity contribution in [3.05, 3.63) is 52.3 Å². The maximum Gasteiger partial charge on any atom is 0.274 e. The normalized spacial score (nSPS) is 23.3. The maximum atomic E-state index is 13.3. The van der Waals surface area contributed by atoms with Crippen molar-refractivity contribution >= 4 is 27.5 Å². The smallest absolute Gasteiger partial charge is 0.274 e. The van der Waals surface area contributed by atoms with Crippen molar-refractivity contribution in [1.82, 2.24) is 9.97 Å². The van der Waals surface area contributed by atoms with Crippen LogP contribution in [-0.2, 0) is 0 Å². The molecule has 25 heavy (non-hydrogen) atoms. The molecule has 132 valence electrons. The van der Waals surface area contributed by atoms with Crippen LogP contribution in [-0.4, -0.2) is 15.9 Å². The molecule has 0 spiro atoms. The van der Waals surface area contributed by atoms with E-state index in [2.05, 4.69) is 45.1 Å². The molecular weight excluding hydrogens is 385 g/mol. The molecule has 1 N–H and O–H groups in total. The Labute approximate surface area is 155 Å². The topological polar surface area (TPSA) is 54.9 Å². The summed E-state index contributed by atoms with van der Waals surface area (Å²) in [7, 11) is 0. The SMILES string of the molecule is CC1CC(c2ccncc2NC(=O)c2ccc(F)c(Br)n2)C[C@@H](C)C1. The molecule has 1 amide bonds. The van der Waals surface area contributed by atoms with Crippen LogP contribution in [0.2, 0.25) is 0 Å². The number of carbonyl (C=O) groups is 1. The van der Waals surface area contributed by atoms with Gasteiger partial charge in [0.05, 0.1) is 11.9 Å². The average molecular weight is 406 g/mol. The summed E-state index contributed by atoms with van der Waals surface area (Å²) in [6, 6.07) is 4.58. The molecule has 0 aliphatic heterocycles. The van der Waals surface area contributed by atoms with Crippen LogP contribution in [0.5, 0.6) is 0 Å². The van der Waals surface area contributed by atoms with E-state index in [1.165, 1.54) is 18.6 Å². The van der Waals surface area contributed by atoms with E-state index in [4.69, 9.17) is 0 Å². The summed E-state index contributed by atoms with van der Waals surface area (Å²) in [4.78, 5) is 20.6. The van der Waals surface area contributed by atoms with E-state index < -0.39 is 5.82 Å². The first-order valence-corrected chi connectivity index (χ1v) is 9.30. The predicted octanol–water partition coefficient (Wildman–Crippen LogP) is 5.17. The number of carbonyl (C=O) groups excluding carboxylic acids is 1. The van der Waals surface area contributed by atoms with Crippen LogP contribution in [0.25, 0.3) is 0 Å². The fourth-order valence-electron chi connectivity index (χ4n) is 3.80. The molecule has 0 radical (unpaired) electrons. The Bertz CT molecular complexity index is 773. The second kappa shape index (κ2) is 7.60. The van der Waals surface area contributed by atoms with E-state index in [0.29, 0.717) is 23.4 Å². The first-order valence-electron chi connectivity index (χ1n) is 8.51. The molecule has 1 aliphatic rings. The third kappa shape index (κ3) is 4.24. The Morgan fingerprint density at radius 3 is 2.60 bits per heavy atom. The van der Waals surface area contributed by atoms with Crippen molar-refractivity contribution in [3.8, 4) is 0 Å². The van der Waals surface area contributed by atoms with Crippen molar-refractivity contribution in [1.29, 1.82) is 0 Å². The van der Waals surface area contributed by atoms with E-state index in [1.807, 2.05) is 6.07 Å². The van der Waals surface area contributed by atoms with Gasteiger partial charge in [-0.2, -0.15) is 0 Å². The summed E-state index contributed by atoms with van der Waals surface area (Å²) >= 11 is 3.01. The second-order valence-corrected chi connectivity index (χ2v) is 7.75. The largest absolute Gasteiger partial charge is 0.319 e. The third-order valence-corrected chi connectivity index (χ3v) is 5.31. The minimum absolute atomic E-state index is 0.0292. The number of halogens is 2. The highest BCUT2D eigenvalue weighted by atomic mass is 79.9. The number of aromatic nitrogens is 2. The highest BCUT2D eigenvalue weighted by Gasteiger charge is 2.27. The summed E-state index contributed by atoms with van der Waals surface area (Å²) in [5.74, 6) is 0.876. The highest BCUT2D eigenvalue weighted by molar-refractivity contribution is 9.10. The number of rotatable bonds is 3. The van der Waals surface area contributed by atoms with Crippen LogP contribution in [0, 0.1) is 17.7 Å². The second-order valence-electron chi connectivity index (χ2n) is 7.00. The lowest BCUT2D eigenvalue weighted by Gasteiger charge is -2.32. The van der Waals surface area contributed by atoms with E-state index in [0.717, 1.165) is 18.4 Å². The predicted molar refractivity (Wildman–Crippen MR) is 99.0 cm³/mol. The van der Waals surface area contributed by atoms with Gasteiger partial charge in [-0.25, -0.2) is 9.37 Å². The number of nitrogens with one attached hydrogen (secondary N) is 1. The maximum absolute atomic E-state index is 13.3. The summed E-state index contributed by atoms with van der Waals surface area (Å²) in [5, 5.41) is 2.89. The Hall–Kier alpha value is -1.82. The number of amides is 1. The highest BCUT2D eigenvalue weighted by Crippen LogP contribution is 2.41. The first-order chi connectivity index (χ1) is 11.9. The molecule has 0 aromatic carbocycles. The summed E-state index contributed by atoms with van der Waals surface area (Å²) < 4.78 is 13.3.